The summed E-state index contributed by atoms with van der Waals surface area (Å²) in [6, 6.07) is 20.0. The standard InChI is InChI=1S/C26H27N3O4/c1-4-32-24-15-20(16-27-29-26(31)21-11-8-18(2)9-12-21)10-13-23(24)33-17-25(30)28-22-7-5-6-19(3)14-22/h5-16H,4,17H2,1-3H3,(H,28,30)(H,29,31)/b27-16+. The van der Waals surface area contributed by atoms with Crippen molar-refractivity contribution in [2.75, 3.05) is 18.5 Å². The van der Waals surface area contributed by atoms with E-state index < -0.39 is 0 Å². The second-order valence-corrected chi connectivity index (χ2v) is 7.41. The van der Waals surface area contributed by atoms with Crippen molar-refractivity contribution < 1.29 is 19.1 Å². The van der Waals surface area contributed by atoms with Crippen LogP contribution in [-0.2, 0) is 4.79 Å². The van der Waals surface area contributed by atoms with Gasteiger partial charge in [0.2, 0.25) is 0 Å². The molecule has 33 heavy (non-hydrogen) atoms. The van der Waals surface area contributed by atoms with E-state index in [1.807, 2.05) is 57.2 Å². The zero-order chi connectivity index (χ0) is 23.6. The number of benzene rings is 3. The minimum Gasteiger partial charge on any atom is -0.490 e. The Kier molecular flexibility index (Phi) is 8.18. The summed E-state index contributed by atoms with van der Waals surface area (Å²) >= 11 is 0. The Morgan fingerprint density at radius 3 is 2.42 bits per heavy atom. The zero-order valence-corrected chi connectivity index (χ0v) is 18.9. The first-order valence-electron chi connectivity index (χ1n) is 10.6. The van der Waals surface area contributed by atoms with Crippen LogP contribution in [0.25, 0.3) is 0 Å². The van der Waals surface area contributed by atoms with E-state index in [1.165, 1.54) is 6.21 Å². The Morgan fingerprint density at radius 1 is 0.909 bits per heavy atom. The molecule has 3 aromatic rings. The first kappa shape index (κ1) is 23.5. The molecule has 170 valence electrons. The Bertz CT molecular complexity index is 1140. The van der Waals surface area contributed by atoms with Gasteiger partial charge in [-0.1, -0.05) is 29.8 Å². The SMILES string of the molecule is CCOc1cc(/C=N/NC(=O)c2ccc(C)cc2)ccc1OCC(=O)Nc1cccc(C)c1. The average molecular weight is 446 g/mol. The highest BCUT2D eigenvalue weighted by molar-refractivity contribution is 5.95. The lowest BCUT2D eigenvalue weighted by molar-refractivity contribution is -0.118. The maximum Gasteiger partial charge on any atom is 0.271 e. The second-order valence-electron chi connectivity index (χ2n) is 7.41. The minimum atomic E-state index is -0.296. The van der Waals surface area contributed by atoms with Crippen LogP contribution in [0.4, 0.5) is 5.69 Å². The third kappa shape index (κ3) is 7.21. The van der Waals surface area contributed by atoms with Crippen molar-refractivity contribution >= 4 is 23.7 Å². The minimum absolute atomic E-state index is 0.159. The summed E-state index contributed by atoms with van der Waals surface area (Å²) in [4.78, 5) is 24.4. The van der Waals surface area contributed by atoms with Crippen LogP contribution in [0, 0.1) is 13.8 Å². The Morgan fingerprint density at radius 2 is 1.70 bits per heavy atom. The third-order valence-corrected chi connectivity index (χ3v) is 4.62. The molecule has 3 aromatic carbocycles. The predicted molar refractivity (Wildman–Crippen MR) is 129 cm³/mol. The number of hydrogen-bond acceptors (Lipinski definition) is 5. The van der Waals surface area contributed by atoms with Crippen molar-refractivity contribution in [3.63, 3.8) is 0 Å². The van der Waals surface area contributed by atoms with Gasteiger partial charge in [-0.2, -0.15) is 5.10 Å². The molecule has 0 unspecified atom stereocenters. The highest BCUT2D eigenvalue weighted by Crippen LogP contribution is 2.28. The highest BCUT2D eigenvalue weighted by Gasteiger charge is 2.10. The second kappa shape index (κ2) is 11.5. The van der Waals surface area contributed by atoms with Gasteiger partial charge in [0.05, 0.1) is 12.8 Å². The van der Waals surface area contributed by atoms with E-state index in [1.54, 1.807) is 30.3 Å². The van der Waals surface area contributed by atoms with E-state index in [9.17, 15) is 9.59 Å². The number of nitrogens with one attached hydrogen (secondary N) is 2. The van der Waals surface area contributed by atoms with Gasteiger partial charge < -0.3 is 14.8 Å². The predicted octanol–water partition coefficient (Wildman–Crippen LogP) is 4.48. The summed E-state index contributed by atoms with van der Waals surface area (Å²) in [5, 5.41) is 6.82. The highest BCUT2D eigenvalue weighted by atomic mass is 16.5. The first-order chi connectivity index (χ1) is 15.9. The van der Waals surface area contributed by atoms with Gasteiger partial charge in [0.1, 0.15) is 0 Å². The molecule has 0 aliphatic carbocycles. The summed E-state index contributed by atoms with van der Waals surface area (Å²) in [5.74, 6) is 0.357. The zero-order valence-electron chi connectivity index (χ0n) is 18.9. The van der Waals surface area contributed by atoms with Gasteiger partial charge in [0.25, 0.3) is 11.8 Å². The Hall–Kier alpha value is -4.13. The van der Waals surface area contributed by atoms with E-state index in [2.05, 4.69) is 15.8 Å². The Labute approximate surface area is 193 Å². The van der Waals surface area contributed by atoms with Crippen LogP contribution >= 0.6 is 0 Å². The maximum atomic E-state index is 12.2. The van der Waals surface area contributed by atoms with Crippen molar-refractivity contribution in [2.45, 2.75) is 20.8 Å². The van der Waals surface area contributed by atoms with Gasteiger partial charge in [-0.3, -0.25) is 9.59 Å². The van der Waals surface area contributed by atoms with Crippen molar-refractivity contribution in [1.82, 2.24) is 5.43 Å². The average Bonchev–Trinajstić information content (AvgIpc) is 2.79. The molecular formula is C26H27N3O4. The molecule has 0 saturated carbocycles. The van der Waals surface area contributed by atoms with Gasteiger partial charge in [0.15, 0.2) is 18.1 Å². The lowest BCUT2D eigenvalue weighted by Crippen LogP contribution is -2.20. The molecule has 0 radical (unpaired) electrons. The largest absolute Gasteiger partial charge is 0.490 e. The molecule has 3 rings (SSSR count). The summed E-state index contributed by atoms with van der Waals surface area (Å²) in [7, 11) is 0. The number of carbonyl (C=O) groups is 2. The van der Waals surface area contributed by atoms with Crippen LogP contribution in [0.3, 0.4) is 0 Å². The van der Waals surface area contributed by atoms with Crippen molar-refractivity contribution in [3.8, 4) is 11.5 Å². The van der Waals surface area contributed by atoms with Crippen LogP contribution in [0.5, 0.6) is 11.5 Å². The third-order valence-electron chi connectivity index (χ3n) is 4.62. The molecule has 0 bridgehead atoms. The quantitative estimate of drug-likeness (QED) is 0.375. The molecule has 7 nitrogen and oxygen atoms in total. The molecule has 0 aliphatic heterocycles. The van der Waals surface area contributed by atoms with E-state index >= 15 is 0 Å². The van der Waals surface area contributed by atoms with Crippen molar-refractivity contribution in [1.29, 1.82) is 0 Å². The van der Waals surface area contributed by atoms with Gasteiger partial charge in [-0.15, -0.1) is 0 Å². The van der Waals surface area contributed by atoms with Gasteiger partial charge in [0, 0.05) is 11.3 Å². The summed E-state index contributed by atoms with van der Waals surface area (Å²) in [6.07, 6.45) is 1.52. The topological polar surface area (TPSA) is 89.0 Å². The normalized spacial score (nSPS) is 10.6. The molecule has 2 amide bonds. The summed E-state index contributed by atoms with van der Waals surface area (Å²) in [6.45, 7) is 6.04. The molecule has 0 heterocycles. The molecule has 0 saturated heterocycles. The van der Waals surface area contributed by atoms with E-state index in [-0.39, 0.29) is 18.4 Å². The summed E-state index contributed by atoms with van der Waals surface area (Å²) in [5.41, 5.74) is 6.59. The molecular weight excluding hydrogens is 418 g/mol. The number of rotatable bonds is 9. The molecule has 0 aromatic heterocycles. The maximum absolute atomic E-state index is 12.2. The van der Waals surface area contributed by atoms with Crippen LogP contribution in [-0.4, -0.2) is 31.2 Å². The number of amides is 2. The number of aryl methyl sites for hydroxylation is 2. The van der Waals surface area contributed by atoms with Crippen LogP contribution in [0.2, 0.25) is 0 Å². The first-order valence-corrected chi connectivity index (χ1v) is 10.6. The van der Waals surface area contributed by atoms with Gasteiger partial charge in [-0.25, -0.2) is 5.43 Å². The fraction of sp³-hybridized carbons (Fsp3) is 0.192. The summed E-state index contributed by atoms with van der Waals surface area (Å²) < 4.78 is 11.3. The molecule has 0 aliphatic rings. The van der Waals surface area contributed by atoms with Crippen LogP contribution < -0.4 is 20.2 Å². The van der Waals surface area contributed by atoms with Gasteiger partial charge in [-0.05, 0) is 74.4 Å². The van der Waals surface area contributed by atoms with E-state index in [4.69, 9.17) is 9.47 Å². The number of ether oxygens (including phenoxy) is 2. The lowest BCUT2D eigenvalue weighted by atomic mass is 10.1. The number of nitrogens with zero attached hydrogens (tertiary/aromatic N) is 1. The monoisotopic (exact) mass is 445 g/mol. The van der Waals surface area contributed by atoms with Gasteiger partial charge >= 0.3 is 0 Å². The van der Waals surface area contributed by atoms with Crippen LogP contribution in [0.1, 0.15) is 34.0 Å². The van der Waals surface area contributed by atoms with Crippen LogP contribution in [0.15, 0.2) is 71.8 Å². The molecule has 0 atom stereocenters. The number of anilines is 1. The lowest BCUT2D eigenvalue weighted by Gasteiger charge is -2.13. The van der Waals surface area contributed by atoms with E-state index in [0.717, 1.165) is 11.1 Å². The number of carbonyl (C=O) groups excluding carboxylic acids is 2. The molecule has 0 spiro atoms. The fourth-order valence-corrected chi connectivity index (χ4v) is 2.99. The molecule has 7 heteroatoms. The number of hydrogen-bond donors (Lipinski definition) is 2. The smallest absolute Gasteiger partial charge is 0.271 e. The molecule has 0 fully saturated rings. The van der Waals surface area contributed by atoms with E-state index in [0.29, 0.717) is 34.9 Å². The molecule has 2 N–H and O–H groups in total. The fourth-order valence-electron chi connectivity index (χ4n) is 2.99. The number of hydrazone groups is 1. The Balaban J connectivity index is 1.59. The van der Waals surface area contributed by atoms with Crippen molar-refractivity contribution in [3.05, 3.63) is 89.0 Å². The van der Waals surface area contributed by atoms with Crippen molar-refractivity contribution in [2.24, 2.45) is 5.10 Å².